The molecule has 152 valence electrons. The van der Waals surface area contributed by atoms with Gasteiger partial charge in [0.15, 0.2) is 11.5 Å². The van der Waals surface area contributed by atoms with Crippen molar-refractivity contribution in [2.24, 2.45) is 5.92 Å². The van der Waals surface area contributed by atoms with Crippen LogP contribution < -0.4 is 5.32 Å². The normalized spacial score (nSPS) is 21.7. The molecule has 5 rings (SSSR count). The smallest absolute Gasteiger partial charge is 0.230 e. The topological polar surface area (TPSA) is 91.4 Å². The van der Waals surface area contributed by atoms with Gasteiger partial charge in [-0.2, -0.15) is 5.10 Å². The summed E-state index contributed by atoms with van der Waals surface area (Å²) < 4.78 is 18.6. The molecule has 0 bridgehead atoms. The Kier molecular flexibility index (Phi) is 4.81. The van der Waals surface area contributed by atoms with E-state index in [2.05, 4.69) is 15.4 Å². The second kappa shape index (κ2) is 7.61. The molecule has 3 aromatic rings. The third-order valence-corrected chi connectivity index (χ3v) is 5.53. The number of hydrogen-bond donors (Lipinski definition) is 1. The average Bonchev–Trinajstić information content (AvgIpc) is 3.12. The van der Waals surface area contributed by atoms with Crippen LogP contribution in [0.1, 0.15) is 42.7 Å². The van der Waals surface area contributed by atoms with Crippen molar-refractivity contribution in [3.05, 3.63) is 42.0 Å². The Balaban J connectivity index is 1.29. The predicted octanol–water partition coefficient (Wildman–Crippen LogP) is 3.26. The molecule has 1 aliphatic carbocycles. The maximum absolute atomic E-state index is 13.0. The second-order valence-corrected chi connectivity index (χ2v) is 7.71. The highest BCUT2D eigenvalue weighted by Crippen LogP contribution is 2.41. The van der Waals surface area contributed by atoms with Crippen LogP contribution in [-0.4, -0.2) is 41.0 Å². The Bertz CT molecular complexity index is 1020. The van der Waals surface area contributed by atoms with E-state index in [1.54, 1.807) is 13.3 Å². The summed E-state index contributed by atoms with van der Waals surface area (Å²) in [6, 6.07) is 5.61. The van der Waals surface area contributed by atoms with Gasteiger partial charge in [0.25, 0.3) is 0 Å². The monoisotopic (exact) mass is 396 g/mol. The molecule has 1 N–H and O–H groups in total. The largest absolute Gasteiger partial charge is 0.440 e. The number of amides is 1. The van der Waals surface area contributed by atoms with Gasteiger partial charge in [0.2, 0.25) is 5.91 Å². The van der Waals surface area contributed by atoms with Crippen LogP contribution in [-0.2, 0) is 20.8 Å². The summed E-state index contributed by atoms with van der Waals surface area (Å²) >= 11 is 0. The summed E-state index contributed by atoms with van der Waals surface area (Å²) in [6.07, 6.45) is 6.36. The van der Waals surface area contributed by atoms with Crippen LogP contribution in [0.5, 0.6) is 0 Å². The first-order valence-corrected chi connectivity index (χ1v) is 10.1. The van der Waals surface area contributed by atoms with Gasteiger partial charge in [-0.15, -0.1) is 0 Å². The van der Waals surface area contributed by atoms with E-state index in [4.69, 9.17) is 13.9 Å². The first-order valence-electron chi connectivity index (χ1n) is 10.1. The maximum atomic E-state index is 13.0. The molecule has 1 saturated carbocycles. The summed E-state index contributed by atoms with van der Waals surface area (Å²) in [5.74, 6) is 0.945. The highest BCUT2D eigenvalue weighted by Gasteiger charge is 2.36. The summed E-state index contributed by atoms with van der Waals surface area (Å²) in [5, 5.41) is 7.35. The van der Waals surface area contributed by atoms with Crippen molar-refractivity contribution in [3.8, 4) is 0 Å². The Morgan fingerprint density at radius 1 is 1.34 bits per heavy atom. The molecule has 29 heavy (non-hydrogen) atoms. The van der Waals surface area contributed by atoms with Crippen molar-refractivity contribution in [2.45, 2.75) is 37.8 Å². The van der Waals surface area contributed by atoms with E-state index in [9.17, 15) is 4.79 Å². The number of anilines is 1. The number of carbonyl (C=O) groups is 1. The molecule has 3 heterocycles. The fourth-order valence-electron chi connectivity index (χ4n) is 3.78. The van der Waals surface area contributed by atoms with E-state index in [1.165, 1.54) is 0 Å². The maximum Gasteiger partial charge on any atom is 0.230 e. The first-order chi connectivity index (χ1) is 14.2. The summed E-state index contributed by atoms with van der Waals surface area (Å²) in [7, 11) is 1.66. The fraction of sp³-hybridized carbons (Fsp3) is 0.476. The number of hydrogen-bond acceptors (Lipinski definition) is 6. The SMILES string of the molecule is COCCn1cc([C@H]2OCC[C@@H]2C(=O)Nc2ccc3nc(C4CC4)oc3c2)cn1. The third kappa shape index (κ3) is 3.77. The number of aromatic nitrogens is 3. The molecular formula is C21H24N4O4. The summed E-state index contributed by atoms with van der Waals surface area (Å²) in [5.41, 5.74) is 3.17. The minimum atomic E-state index is -0.290. The second-order valence-electron chi connectivity index (χ2n) is 7.71. The lowest BCUT2D eigenvalue weighted by molar-refractivity contribution is -0.121. The van der Waals surface area contributed by atoms with Gasteiger partial charge >= 0.3 is 0 Å². The number of nitrogens with one attached hydrogen (secondary N) is 1. The van der Waals surface area contributed by atoms with E-state index >= 15 is 0 Å². The van der Waals surface area contributed by atoms with Gasteiger partial charge in [-0.25, -0.2) is 4.98 Å². The number of fused-ring (bicyclic) bond motifs is 1. The Hall–Kier alpha value is -2.71. The Morgan fingerprint density at radius 3 is 3.07 bits per heavy atom. The molecule has 0 spiro atoms. The molecule has 0 unspecified atom stereocenters. The van der Waals surface area contributed by atoms with E-state index in [-0.39, 0.29) is 17.9 Å². The van der Waals surface area contributed by atoms with E-state index in [0.717, 1.165) is 29.8 Å². The zero-order valence-electron chi connectivity index (χ0n) is 16.3. The van der Waals surface area contributed by atoms with Crippen molar-refractivity contribution in [3.63, 3.8) is 0 Å². The Labute approximate surface area is 168 Å². The number of nitrogens with zero attached hydrogens (tertiary/aromatic N) is 3. The molecule has 1 aliphatic heterocycles. The van der Waals surface area contributed by atoms with E-state index in [0.29, 0.717) is 43.4 Å². The van der Waals surface area contributed by atoms with Crippen LogP contribution >= 0.6 is 0 Å². The highest BCUT2D eigenvalue weighted by atomic mass is 16.5. The zero-order chi connectivity index (χ0) is 19.8. The lowest BCUT2D eigenvalue weighted by Gasteiger charge is -2.17. The summed E-state index contributed by atoms with van der Waals surface area (Å²) in [4.78, 5) is 17.5. The van der Waals surface area contributed by atoms with Crippen molar-refractivity contribution in [2.75, 3.05) is 25.6 Å². The van der Waals surface area contributed by atoms with Crippen LogP contribution in [0.3, 0.4) is 0 Å². The summed E-state index contributed by atoms with van der Waals surface area (Å²) in [6.45, 7) is 1.81. The minimum absolute atomic E-state index is 0.0570. The minimum Gasteiger partial charge on any atom is -0.440 e. The number of benzene rings is 1. The Morgan fingerprint density at radius 2 is 2.24 bits per heavy atom. The standard InChI is InChI=1S/C21H24N4O4/c1-27-9-7-25-12-14(11-22-25)19-16(6-8-28-19)20(26)23-15-4-5-17-18(10-15)29-21(24-17)13-2-3-13/h4-5,10-13,16,19H,2-3,6-9H2,1H3,(H,23,26)/t16-,19+/m0/s1. The molecule has 1 amide bonds. The van der Waals surface area contributed by atoms with Gasteiger partial charge < -0.3 is 19.2 Å². The van der Waals surface area contributed by atoms with Crippen molar-refractivity contribution < 1.29 is 18.7 Å². The van der Waals surface area contributed by atoms with Crippen molar-refractivity contribution in [1.82, 2.24) is 14.8 Å². The number of oxazole rings is 1. The lowest BCUT2D eigenvalue weighted by Crippen LogP contribution is -2.25. The predicted molar refractivity (Wildman–Crippen MR) is 106 cm³/mol. The fourth-order valence-corrected chi connectivity index (χ4v) is 3.78. The van der Waals surface area contributed by atoms with Crippen LogP contribution in [0.25, 0.3) is 11.1 Å². The van der Waals surface area contributed by atoms with Gasteiger partial charge in [-0.05, 0) is 31.4 Å². The molecule has 2 atom stereocenters. The van der Waals surface area contributed by atoms with E-state index in [1.807, 2.05) is 29.1 Å². The molecule has 0 radical (unpaired) electrons. The number of ether oxygens (including phenoxy) is 2. The van der Waals surface area contributed by atoms with Crippen LogP contribution in [0.4, 0.5) is 5.69 Å². The number of carbonyl (C=O) groups excluding carboxylic acids is 1. The van der Waals surface area contributed by atoms with Gasteiger partial charge in [0.1, 0.15) is 5.52 Å². The van der Waals surface area contributed by atoms with Crippen molar-refractivity contribution >= 4 is 22.7 Å². The van der Waals surface area contributed by atoms with Crippen LogP contribution in [0.15, 0.2) is 35.0 Å². The molecule has 2 aromatic heterocycles. The van der Waals surface area contributed by atoms with Gasteiger partial charge in [-0.3, -0.25) is 9.48 Å². The highest BCUT2D eigenvalue weighted by molar-refractivity contribution is 5.94. The third-order valence-electron chi connectivity index (χ3n) is 5.53. The molecule has 1 aromatic carbocycles. The molecule has 2 aliphatic rings. The quantitative estimate of drug-likeness (QED) is 0.659. The van der Waals surface area contributed by atoms with Gasteiger partial charge in [-0.1, -0.05) is 0 Å². The first kappa shape index (κ1) is 18.3. The molecular weight excluding hydrogens is 372 g/mol. The number of methoxy groups -OCH3 is 1. The van der Waals surface area contributed by atoms with Crippen LogP contribution in [0, 0.1) is 5.92 Å². The molecule has 2 fully saturated rings. The van der Waals surface area contributed by atoms with E-state index < -0.39 is 0 Å². The van der Waals surface area contributed by atoms with Crippen LogP contribution in [0.2, 0.25) is 0 Å². The van der Waals surface area contributed by atoms with Crippen molar-refractivity contribution in [1.29, 1.82) is 0 Å². The van der Waals surface area contributed by atoms with Gasteiger partial charge in [0, 0.05) is 43.1 Å². The molecule has 8 nitrogen and oxygen atoms in total. The molecule has 1 saturated heterocycles. The number of rotatable bonds is 7. The zero-order valence-corrected chi connectivity index (χ0v) is 16.3. The lowest BCUT2D eigenvalue weighted by atomic mass is 9.96. The molecule has 8 heteroatoms. The average molecular weight is 396 g/mol. The van der Waals surface area contributed by atoms with Gasteiger partial charge in [0.05, 0.1) is 31.4 Å².